The van der Waals surface area contributed by atoms with Gasteiger partial charge in [-0.25, -0.2) is 0 Å². The van der Waals surface area contributed by atoms with Crippen molar-refractivity contribution in [2.45, 2.75) is 20.3 Å². The number of halogens is 1. The summed E-state index contributed by atoms with van der Waals surface area (Å²) in [6, 6.07) is 6.60. The van der Waals surface area contributed by atoms with Crippen molar-refractivity contribution in [1.82, 2.24) is 10.2 Å². The lowest BCUT2D eigenvalue weighted by atomic mass is 9.97. The van der Waals surface area contributed by atoms with Crippen LogP contribution in [0.25, 0.3) is 0 Å². The highest BCUT2D eigenvalue weighted by atomic mass is 79.9. The Kier molecular flexibility index (Phi) is 5.22. The molecule has 1 unspecified atom stereocenters. The van der Waals surface area contributed by atoms with Crippen molar-refractivity contribution >= 4 is 15.9 Å². The molecule has 1 fully saturated rings. The molecule has 0 amide bonds. The van der Waals surface area contributed by atoms with Gasteiger partial charge in [0.2, 0.25) is 0 Å². The first-order chi connectivity index (χ1) is 8.65. The van der Waals surface area contributed by atoms with E-state index in [1.807, 2.05) is 0 Å². The fourth-order valence-corrected chi connectivity index (χ4v) is 3.04. The Balaban J connectivity index is 1.89. The van der Waals surface area contributed by atoms with Gasteiger partial charge in [-0.2, -0.15) is 0 Å². The third kappa shape index (κ3) is 4.08. The van der Waals surface area contributed by atoms with E-state index in [1.54, 1.807) is 0 Å². The maximum atomic E-state index is 3.57. The molecular weight excluding hydrogens is 288 g/mol. The molecule has 0 saturated carbocycles. The van der Waals surface area contributed by atoms with Crippen LogP contribution in [0.2, 0.25) is 0 Å². The normalized spacial score (nSPS) is 18.8. The summed E-state index contributed by atoms with van der Waals surface area (Å²) < 4.78 is 1.19. The van der Waals surface area contributed by atoms with Gasteiger partial charge in [-0.05, 0) is 42.5 Å². The fourth-order valence-electron chi connectivity index (χ4n) is 2.63. The minimum absolute atomic E-state index is 0.719. The van der Waals surface area contributed by atoms with E-state index in [-0.39, 0.29) is 0 Å². The number of benzene rings is 1. The maximum Gasteiger partial charge on any atom is 0.0178 e. The number of hydrogen-bond acceptors (Lipinski definition) is 2. The molecule has 1 aliphatic heterocycles. The molecule has 1 aromatic carbocycles. The predicted octanol–water partition coefficient (Wildman–Crippen LogP) is 2.84. The second kappa shape index (κ2) is 6.69. The Morgan fingerprint density at radius 3 is 2.78 bits per heavy atom. The SMILES string of the molecule is Cc1ccc(Br)cc1CC(C)CN1CCNCC1. The molecule has 0 aliphatic carbocycles. The lowest BCUT2D eigenvalue weighted by Gasteiger charge is -2.29. The van der Waals surface area contributed by atoms with Crippen molar-refractivity contribution in [1.29, 1.82) is 0 Å². The van der Waals surface area contributed by atoms with Gasteiger partial charge in [-0.3, -0.25) is 0 Å². The largest absolute Gasteiger partial charge is 0.314 e. The van der Waals surface area contributed by atoms with E-state index in [2.05, 4.69) is 58.2 Å². The van der Waals surface area contributed by atoms with Gasteiger partial charge < -0.3 is 10.2 Å². The van der Waals surface area contributed by atoms with Crippen LogP contribution in [0.1, 0.15) is 18.1 Å². The predicted molar refractivity (Wildman–Crippen MR) is 81.1 cm³/mol. The minimum atomic E-state index is 0.719. The maximum absolute atomic E-state index is 3.57. The molecule has 1 heterocycles. The quantitative estimate of drug-likeness (QED) is 0.920. The first-order valence-electron chi connectivity index (χ1n) is 6.83. The molecule has 0 radical (unpaired) electrons. The lowest BCUT2D eigenvalue weighted by Crippen LogP contribution is -2.45. The van der Waals surface area contributed by atoms with Crippen LogP contribution < -0.4 is 5.32 Å². The van der Waals surface area contributed by atoms with E-state index >= 15 is 0 Å². The Morgan fingerprint density at radius 2 is 2.06 bits per heavy atom. The molecule has 1 aliphatic rings. The van der Waals surface area contributed by atoms with Crippen molar-refractivity contribution in [2.75, 3.05) is 32.7 Å². The monoisotopic (exact) mass is 310 g/mol. The number of piperazine rings is 1. The van der Waals surface area contributed by atoms with Gasteiger partial charge in [0.25, 0.3) is 0 Å². The Labute approximate surface area is 119 Å². The summed E-state index contributed by atoms with van der Waals surface area (Å²) in [6.07, 6.45) is 1.18. The van der Waals surface area contributed by atoms with Gasteiger partial charge in [0.15, 0.2) is 0 Å². The summed E-state index contributed by atoms with van der Waals surface area (Å²) in [4.78, 5) is 2.58. The molecule has 1 N–H and O–H groups in total. The number of hydrogen-bond donors (Lipinski definition) is 1. The summed E-state index contributed by atoms with van der Waals surface area (Å²) in [5, 5.41) is 3.41. The van der Waals surface area contributed by atoms with Crippen LogP contribution >= 0.6 is 15.9 Å². The van der Waals surface area contributed by atoms with Crippen LogP contribution in [-0.2, 0) is 6.42 Å². The third-order valence-corrected chi connectivity index (χ3v) is 4.15. The van der Waals surface area contributed by atoms with Crippen LogP contribution in [0.15, 0.2) is 22.7 Å². The number of rotatable bonds is 4. The summed E-state index contributed by atoms with van der Waals surface area (Å²) in [7, 11) is 0. The molecule has 18 heavy (non-hydrogen) atoms. The topological polar surface area (TPSA) is 15.3 Å². The highest BCUT2D eigenvalue weighted by molar-refractivity contribution is 9.10. The van der Waals surface area contributed by atoms with Crippen LogP contribution in [0.4, 0.5) is 0 Å². The Hall–Kier alpha value is -0.380. The van der Waals surface area contributed by atoms with E-state index < -0.39 is 0 Å². The molecule has 2 rings (SSSR count). The van der Waals surface area contributed by atoms with Crippen molar-refractivity contribution in [2.24, 2.45) is 5.92 Å². The fraction of sp³-hybridized carbons (Fsp3) is 0.600. The van der Waals surface area contributed by atoms with Crippen molar-refractivity contribution in [3.63, 3.8) is 0 Å². The molecule has 0 aromatic heterocycles. The zero-order valence-electron chi connectivity index (χ0n) is 11.4. The van der Waals surface area contributed by atoms with Crippen molar-refractivity contribution in [3.8, 4) is 0 Å². The summed E-state index contributed by atoms with van der Waals surface area (Å²) in [5.41, 5.74) is 2.89. The highest BCUT2D eigenvalue weighted by Crippen LogP contribution is 2.19. The average Bonchev–Trinajstić information content (AvgIpc) is 2.35. The van der Waals surface area contributed by atoms with E-state index in [9.17, 15) is 0 Å². The zero-order chi connectivity index (χ0) is 13.0. The van der Waals surface area contributed by atoms with E-state index in [1.165, 1.54) is 41.7 Å². The van der Waals surface area contributed by atoms with E-state index in [0.717, 1.165) is 19.0 Å². The summed E-state index contributed by atoms with van der Waals surface area (Å²) >= 11 is 3.57. The van der Waals surface area contributed by atoms with Gasteiger partial charge in [0, 0.05) is 37.2 Å². The third-order valence-electron chi connectivity index (χ3n) is 3.66. The molecule has 1 atom stereocenters. The standard InChI is InChI=1S/C15H23BrN2/c1-12(11-18-7-5-17-6-8-18)9-14-10-15(16)4-3-13(14)2/h3-4,10,12,17H,5-9,11H2,1-2H3. The molecule has 0 spiro atoms. The molecule has 0 bridgehead atoms. The average molecular weight is 311 g/mol. The second-order valence-corrected chi connectivity index (χ2v) is 6.35. The van der Waals surface area contributed by atoms with E-state index in [0.29, 0.717) is 0 Å². The van der Waals surface area contributed by atoms with Gasteiger partial charge >= 0.3 is 0 Å². The van der Waals surface area contributed by atoms with Crippen LogP contribution in [0.3, 0.4) is 0 Å². The van der Waals surface area contributed by atoms with Gasteiger partial charge in [-0.1, -0.05) is 28.9 Å². The number of nitrogens with one attached hydrogen (secondary N) is 1. The van der Waals surface area contributed by atoms with Crippen LogP contribution in [0.5, 0.6) is 0 Å². The van der Waals surface area contributed by atoms with Crippen molar-refractivity contribution < 1.29 is 0 Å². The Bertz CT molecular complexity index is 386. The smallest absolute Gasteiger partial charge is 0.0178 e. The lowest BCUT2D eigenvalue weighted by molar-refractivity contribution is 0.211. The zero-order valence-corrected chi connectivity index (χ0v) is 13.0. The number of nitrogens with zero attached hydrogens (tertiary/aromatic N) is 1. The van der Waals surface area contributed by atoms with Gasteiger partial charge in [0.1, 0.15) is 0 Å². The molecule has 100 valence electrons. The second-order valence-electron chi connectivity index (χ2n) is 5.43. The van der Waals surface area contributed by atoms with E-state index in [4.69, 9.17) is 0 Å². The molecule has 1 aromatic rings. The van der Waals surface area contributed by atoms with Gasteiger partial charge in [-0.15, -0.1) is 0 Å². The molecule has 2 nitrogen and oxygen atoms in total. The summed E-state index contributed by atoms with van der Waals surface area (Å²) in [6.45, 7) is 10.5. The first kappa shape index (κ1) is 14.0. The minimum Gasteiger partial charge on any atom is -0.314 e. The number of aryl methyl sites for hydroxylation is 1. The highest BCUT2D eigenvalue weighted by Gasteiger charge is 2.14. The molecule has 3 heteroatoms. The molecule has 1 saturated heterocycles. The summed E-state index contributed by atoms with van der Waals surface area (Å²) in [5.74, 6) is 0.719. The van der Waals surface area contributed by atoms with Crippen molar-refractivity contribution in [3.05, 3.63) is 33.8 Å². The molecular formula is C15H23BrN2. The van der Waals surface area contributed by atoms with Gasteiger partial charge in [0.05, 0.1) is 0 Å². The van der Waals surface area contributed by atoms with Crippen LogP contribution in [-0.4, -0.2) is 37.6 Å². The van der Waals surface area contributed by atoms with Crippen LogP contribution in [0, 0.1) is 12.8 Å². The first-order valence-corrected chi connectivity index (χ1v) is 7.62. The Morgan fingerprint density at radius 1 is 1.33 bits per heavy atom.